The van der Waals surface area contributed by atoms with Gasteiger partial charge in [-0.25, -0.2) is 0 Å². The van der Waals surface area contributed by atoms with Gasteiger partial charge in [-0.2, -0.15) is 0 Å². The summed E-state index contributed by atoms with van der Waals surface area (Å²) in [5.41, 5.74) is 9.52. The van der Waals surface area contributed by atoms with Gasteiger partial charge in [0.2, 0.25) is 0 Å². The van der Waals surface area contributed by atoms with Gasteiger partial charge < -0.3 is 5.73 Å². The number of aromatic nitrogens is 1. The van der Waals surface area contributed by atoms with Crippen LogP contribution in [0.25, 0.3) is 11.3 Å². The molecule has 20 heavy (non-hydrogen) atoms. The molecule has 0 aliphatic rings. The van der Waals surface area contributed by atoms with Gasteiger partial charge in [-0.05, 0) is 17.7 Å². The van der Waals surface area contributed by atoms with Crippen LogP contribution in [0.15, 0.2) is 64.8 Å². The number of hydrogen-bond donors (Lipinski definition) is 1. The molecule has 3 aromatic rings. The fraction of sp³-hybridized carbons (Fsp3) is 0.0625. The Kier molecular flexibility index (Phi) is 3.39. The predicted molar refractivity (Wildman–Crippen MR) is 84.0 cm³/mol. The van der Waals surface area contributed by atoms with E-state index >= 15 is 0 Å². The van der Waals surface area contributed by atoms with Gasteiger partial charge in [0.15, 0.2) is 0 Å². The van der Waals surface area contributed by atoms with Crippen molar-refractivity contribution in [2.45, 2.75) is 6.54 Å². The van der Waals surface area contributed by atoms with E-state index in [1.807, 2.05) is 60.0 Å². The summed E-state index contributed by atoms with van der Waals surface area (Å²) in [7, 11) is 0. The quantitative estimate of drug-likeness (QED) is 0.750. The first-order valence-electron chi connectivity index (χ1n) is 6.32. The number of nitrogens with zero attached hydrogens (tertiary/aromatic N) is 1. The summed E-state index contributed by atoms with van der Waals surface area (Å²) < 4.78 is 1.79. The lowest BCUT2D eigenvalue weighted by atomic mass is 10.1. The Balaban J connectivity index is 2.04. The van der Waals surface area contributed by atoms with E-state index in [-0.39, 0.29) is 4.87 Å². The molecule has 0 aliphatic heterocycles. The van der Waals surface area contributed by atoms with Crippen molar-refractivity contribution >= 4 is 17.0 Å². The fourth-order valence-electron chi connectivity index (χ4n) is 2.17. The summed E-state index contributed by atoms with van der Waals surface area (Å²) in [6, 6.07) is 17.6. The summed E-state index contributed by atoms with van der Waals surface area (Å²) in [5.74, 6) is 0. The number of thiazole rings is 1. The van der Waals surface area contributed by atoms with Crippen LogP contribution >= 0.6 is 11.3 Å². The van der Waals surface area contributed by atoms with Crippen LogP contribution in [0.1, 0.15) is 5.56 Å². The summed E-state index contributed by atoms with van der Waals surface area (Å²) in [6.07, 6.45) is 0. The van der Waals surface area contributed by atoms with E-state index in [2.05, 4.69) is 0 Å². The molecule has 0 fully saturated rings. The first kappa shape index (κ1) is 12.7. The molecule has 1 heterocycles. The van der Waals surface area contributed by atoms with E-state index in [0.29, 0.717) is 12.2 Å². The first-order valence-corrected chi connectivity index (χ1v) is 7.20. The standard InChI is InChI=1S/C16H14N2OS/c17-14-8-4-7-13(9-14)15-11-20-16(19)18(15)10-12-5-2-1-3-6-12/h1-9,11H,10,17H2. The molecule has 0 bridgehead atoms. The third kappa shape index (κ3) is 2.51. The lowest BCUT2D eigenvalue weighted by Gasteiger charge is -2.08. The van der Waals surface area contributed by atoms with Gasteiger partial charge in [-0.3, -0.25) is 9.36 Å². The summed E-state index contributed by atoms with van der Waals surface area (Å²) >= 11 is 1.22. The highest BCUT2D eigenvalue weighted by molar-refractivity contribution is 7.07. The minimum atomic E-state index is 0.0475. The van der Waals surface area contributed by atoms with Gasteiger partial charge in [0.1, 0.15) is 0 Å². The SMILES string of the molecule is Nc1cccc(-c2csc(=O)n2Cc2ccccc2)c1. The van der Waals surface area contributed by atoms with Crippen LogP contribution in [0, 0.1) is 0 Å². The first-order chi connectivity index (χ1) is 9.74. The molecule has 0 aliphatic carbocycles. The van der Waals surface area contributed by atoms with Gasteiger partial charge in [0.25, 0.3) is 0 Å². The minimum absolute atomic E-state index is 0.0475. The molecule has 100 valence electrons. The molecule has 2 N–H and O–H groups in total. The number of anilines is 1. The lowest BCUT2D eigenvalue weighted by molar-refractivity contribution is 0.792. The topological polar surface area (TPSA) is 48.0 Å². The predicted octanol–water partition coefficient (Wildman–Crippen LogP) is 3.21. The normalized spacial score (nSPS) is 10.6. The van der Waals surface area contributed by atoms with Crippen LogP contribution in [-0.4, -0.2) is 4.57 Å². The van der Waals surface area contributed by atoms with Crippen molar-refractivity contribution in [1.82, 2.24) is 4.57 Å². The third-order valence-corrected chi connectivity index (χ3v) is 3.91. The van der Waals surface area contributed by atoms with Crippen LogP contribution in [-0.2, 0) is 6.54 Å². The smallest absolute Gasteiger partial charge is 0.307 e. The van der Waals surface area contributed by atoms with E-state index < -0.39 is 0 Å². The summed E-state index contributed by atoms with van der Waals surface area (Å²) in [5, 5.41) is 1.89. The number of nitrogen functional groups attached to an aromatic ring is 1. The fourth-order valence-corrected chi connectivity index (χ4v) is 2.94. The molecular formula is C16H14N2OS. The lowest BCUT2D eigenvalue weighted by Crippen LogP contribution is -2.15. The Morgan fingerprint density at radius 2 is 1.85 bits per heavy atom. The average Bonchev–Trinajstić information content (AvgIpc) is 2.82. The molecule has 3 nitrogen and oxygen atoms in total. The maximum absolute atomic E-state index is 12.1. The van der Waals surface area contributed by atoms with E-state index in [0.717, 1.165) is 16.8 Å². The Morgan fingerprint density at radius 3 is 2.60 bits per heavy atom. The molecule has 0 radical (unpaired) electrons. The third-order valence-electron chi connectivity index (χ3n) is 3.15. The number of nitrogens with two attached hydrogens (primary N) is 1. The Hall–Kier alpha value is -2.33. The van der Waals surface area contributed by atoms with Crippen LogP contribution in [0.5, 0.6) is 0 Å². The minimum Gasteiger partial charge on any atom is -0.399 e. The maximum Gasteiger partial charge on any atom is 0.307 e. The molecule has 0 atom stereocenters. The molecule has 0 unspecified atom stereocenters. The van der Waals surface area contributed by atoms with Gasteiger partial charge >= 0.3 is 4.87 Å². The second kappa shape index (κ2) is 5.35. The number of hydrogen-bond acceptors (Lipinski definition) is 3. The Morgan fingerprint density at radius 1 is 1.05 bits per heavy atom. The zero-order chi connectivity index (χ0) is 13.9. The number of rotatable bonds is 3. The second-order valence-corrected chi connectivity index (χ2v) is 5.40. The van der Waals surface area contributed by atoms with Crippen molar-refractivity contribution in [3.05, 3.63) is 75.2 Å². The zero-order valence-corrected chi connectivity index (χ0v) is 11.6. The molecule has 0 spiro atoms. The van der Waals surface area contributed by atoms with Crippen LogP contribution < -0.4 is 10.6 Å². The van der Waals surface area contributed by atoms with Gasteiger partial charge in [0, 0.05) is 16.6 Å². The molecule has 3 rings (SSSR count). The number of benzene rings is 2. The van der Waals surface area contributed by atoms with Crippen molar-refractivity contribution in [3.63, 3.8) is 0 Å². The highest BCUT2D eigenvalue weighted by Crippen LogP contribution is 2.22. The monoisotopic (exact) mass is 282 g/mol. The second-order valence-electron chi connectivity index (χ2n) is 4.58. The van der Waals surface area contributed by atoms with E-state index in [1.165, 1.54) is 11.3 Å². The average molecular weight is 282 g/mol. The van der Waals surface area contributed by atoms with Crippen molar-refractivity contribution in [3.8, 4) is 11.3 Å². The molecule has 4 heteroatoms. The molecular weight excluding hydrogens is 268 g/mol. The highest BCUT2D eigenvalue weighted by atomic mass is 32.1. The summed E-state index contributed by atoms with van der Waals surface area (Å²) in [6.45, 7) is 0.577. The van der Waals surface area contributed by atoms with Crippen LogP contribution in [0.2, 0.25) is 0 Å². The van der Waals surface area contributed by atoms with Crippen molar-refractivity contribution in [2.75, 3.05) is 5.73 Å². The highest BCUT2D eigenvalue weighted by Gasteiger charge is 2.09. The molecule has 0 saturated heterocycles. The van der Waals surface area contributed by atoms with Crippen LogP contribution in [0.3, 0.4) is 0 Å². The van der Waals surface area contributed by atoms with Gasteiger partial charge in [-0.15, -0.1) is 0 Å². The van der Waals surface area contributed by atoms with E-state index in [4.69, 9.17) is 5.73 Å². The van der Waals surface area contributed by atoms with Gasteiger partial charge in [0.05, 0.1) is 12.2 Å². The van der Waals surface area contributed by atoms with Crippen LogP contribution in [0.4, 0.5) is 5.69 Å². The molecule has 0 saturated carbocycles. The van der Waals surface area contributed by atoms with E-state index in [1.54, 1.807) is 4.57 Å². The Labute approximate surface area is 120 Å². The van der Waals surface area contributed by atoms with E-state index in [9.17, 15) is 4.79 Å². The maximum atomic E-state index is 12.1. The molecule has 1 aromatic heterocycles. The largest absolute Gasteiger partial charge is 0.399 e. The molecule has 2 aromatic carbocycles. The summed E-state index contributed by atoms with van der Waals surface area (Å²) in [4.78, 5) is 12.1. The zero-order valence-electron chi connectivity index (χ0n) is 10.8. The van der Waals surface area contributed by atoms with Crippen molar-refractivity contribution in [2.24, 2.45) is 0 Å². The van der Waals surface area contributed by atoms with Crippen molar-refractivity contribution in [1.29, 1.82) is 0 Å². The van der Waals surface area contributed by atoms with Crippen molar-refractivity contribution < 1.29 is 0 Å². The molecule has 0 amide bonds. The van der Waals surface area contributed by atoms with Gasteiger partial charge in [-0.1, -0.05) is 53.8 Å². The Bertz CT molecular complexity index is 774.